The monoisotopic (exact) mass is 253 g/mol. The van der Waals surface area contributed by atoms with E-state index < -0.39 is 0 Å². The van der Waals surface area contributed by atoms with Crippen molar-refractivity contribution < 1.29 is 14.0 Å². The third-order valence-electron chi connectivity index (χ3n) is 3.70. The molecular weight excluding hydrogens is 234 g/mol. The van der Waals surface area contributed by atoms with Gasteiger partial charge >= 0.3 is 0 Å². The van der Waals surface area contributed by atoms with Crippen LogP contribution in [0.15, 0.2) is 4.52 Å². The summed E-state index contributed by atoms with van der Waals surface area (Å²) in [6.07, 6.45) is 4.24. The predicted octanol–water partition coefficient (Wildman–Crippen LogP) is 1.14. The largest absolute Gasteiger partial charge is 0.376 e. The van der Waals surface area contributed by atoms with Crippen LogP contribution in [0, 0.1) is 0 Å². The highest BCUT2D eigenvalue weighted by atomic mass is 16.6. The van der Waals surface area contributed by atoms with Crippen molar-refractivity contribution in [2.45, 2.75) is 43.7 Å². The molecule has 3 atom stereocenters. The van der Waals surface area contributed by atoms with Gasteiger partial charge in [0.05, 0.1) is 25.7 Å². The van der Waals surface area contributed by atoms with Crippen LogP contribution < -0.4 is 5.73 Å². The third kappa shape index (κ3) is 2.41. The molecule has 6 heteroatoms. The summed E-state index contributed by atoms with van der Waals surface area (Å²) >= 11 is 0. The molecule has 100 valence electrons. The van der Waals surface area contributed by atoms with E-state index in [2.05, 4.69) is 10.1 Å². The van der Waals surface area contributed by atoms with Crippen LogP contribution in [-0.4, -0.2) is 36.0 Å². The Hall–Kier alpha value is -0.980. The smallest absolute Gasteiger partial charge is 0.231 e. The molecule has 1 aromatic rings. The first kappa shape index (κ1) is 12.1. The molecule has 18 heavy (non-hydrogen) atoms. The lowest BCUT2D eigenvalue weighted by atomic mass is 9.85. The number of rotatable bonds is 2. The van der Waals surface area contributed by atoms with Crippen LogP contribution >= 0.6 is 0 Å². The van der Waals surface area contributed by atoms with Crippen LogP contribution in [0.5, 0.6) is 0 Å². The van der Waals surface area contributed by atoms with Gasteiger partial charge in [-0.05, 0) is 12.8 Å². The van der Waals surface area contributed by atoms with Gasteiger partial charge in [-0.3, -0.25) is 0 Å². The van der Waals surface area contributed by atoms with Gasteiger partial charge in [0.25, 0.3) is 0 Å². The van der Waals surface area contributed by atoms with E-state index in [1.165, 1.54) is 12.8 Å². The van der Waals surface area contributed by atoms with Crippen LogP contribution in [0.1, 0.15) is 49.4 Å². The van der Waals surface area contributed by atoms with Crippen LogP contribution in [0.4, 0.5) is 0 Å². The number of aromatic nitrogens is 2. The van der Waals surface area contributed by atoms with Gasteiger partial charge in [-0.25, -0.2) is 0 Å². The molecular formula is C12H19N3O3. The van der Waals surface area contributed by atoms with Crippen molar-refractivity contribution in [2.75, 3.05) is 19.8 Å². The highest BCUT2D eigenvalue weighted by Crippen LogP contribution is 2.31. The normalized spacial score (nSPS) is 33.5. The van der Waals surface area contributed by atoms with E-state index in [-0.39, 0.29) is 18.1 Å². The Morgan fingerprint density at radius 3 is 2.83 bits per heavy atom. The van der Waals surface area contributed by atoms with E-state index in [0.29, 0.717) is 31.5 Å². The van der Waals surface area contributed by atoms with Crippen molar-refractivity contribution >= 4 is 0 Å². The molecule has 2 heterocycles. The average molecular weight is 253 g/mol. The van der Waals surface area contributed by atoms with Crippen molar-refractivity contribution in [2.24, 2.45) is 5.73 Å². The zero-order chi connectivity index (χ0) is 12.4. The summed E-state index contributed by atoms with van der Waals surface area (Å²) < 4.78 is 16.2. The second-order valence-electron chi connectivity index (χ2n) is 4.98. The second kappa shape index (κ2) is 5.34. The first-order valence-electron chi connectivity index (χ1n) is 6.63. The summed E-state index contributed by atoms with van der Waals surface area (Å²) in [5.41, 5.74) is 6.12. The number of nitrogens with two attached hydrogens (primary N) is 1. The zero-order valence-corrected chi connectivity index (χ0v) is 10.4. The molecule has 2 aliphatic rings. The Kier molecular flexibility index (Phi) is 3.58. The van der Waals surface area contributed by atoms with Gasteiger partial charge in [0.2, 0.25) is 11.7 Å². The maximum atomic E-state index is 6.12. The van der Waals surface area contributed by atoms with Crippen molar-refractivity contribution in [3.8, 4) is 0 Å². The molecule has 0 radical (unpaired) electrons. The first-order valence-corrected chi connectivity index (χ1v) is 6.63. The molecule has 0 spiro atoms. The molecule has 0 bridgehead atoms. The first-order chi connectivity index (χ1) is 8.84. The van der Waals surface area contributed by atoms with E-state index >= 15 is 0 Å². The van der Waals surface area contributed by atoms with E-state index in [0.717, 1.165) is 12.8 Å². The molecule has 3 rings (SSSR count). The number of hydrogen-bond donors (Lipinski definition) is 1. The fourth-order valence-corrected chi connectivity index (χ4v) is 2.63. The Balaban J connectivity index is 1.71. The van der Waals surface area contributed by atoms with Crippen LogP contribution in [0.25, 0.3) is 0 Å². The maximum Gasteiger partial charge on any atom is 0.231 e. The van der Waals surface area contributed by atoms with E-state index in [4.69, 9.17) is 19.7 Å². The zero-order valence-electron chi connectivity index (χ0n) is 10.4. The SMILES string of the molecule is NC1CCCCC1c1nc(C2COCCO2)no1. The third-order valence-corrected chi connectivity index (χ3v) is 3.70. The van der Waals surface area contributed by atoms with Crippen LogP contribution in [0.3, 0.4) is 0 Å². The van der Waals surface area contributed by atoms with Gasteiger partial charge in [-0.2, -0.15) is 4.98 Å². The lowest BCUT2D eigenvalue weighted by Crippen LogP contribution is -2.31. The topological polar surface area (TPSA) is 83.4 Å². The van der Waals surface area contributed by atoms with Crippen molar-refractivity contribution in [3.05, 3.63) is 11.7 Å². The summed E-state index contributed by atoms with van der Waals surface area (Å²) in [5.74, 6) is 1.44. The predicted molar refractivity (Wildman–Crippen MR) is 63.0 cm³/mol. The number of hydrogen-bond acceptors (Lipinski definition) is 6. The van der Waals surface area contributed by atoms with E-state index in [9.17, 15) is 0 Å². The summed E-state index contributed by atoms with van der Waals surface area (Å²) in [7, 11) is 0. The molecule has 1 aliphatic heterocycles. The highest BCUT2D eigenvalue weighted by Gasteiger charge is 2.30. The van der Waals surface area contributed by atoms with E-state index in [1.54, 1.807) is 0 Å². The highest BCUT2D eigenvalue weighted by molar-refractivity contribution is 5.02. The molecule has 1 saturated carbocycles. The average Bonchev–Trinajstić information content (AvgIpc) is 2.90. The quantitative estimate of drug-likeness (QED) is 0.851. The second-order valence-corrected chi connectivity index (χ2v) is 4.98. The lowest BCUT2D eigenvalue weighted by Gasteiger charge is -2.25. The van der Waals surface area contributed by atoms with Crippen molar-refractivity contribution in [1.29, 1.82) is 0 Å². The molecule has 0 amide bonds. The summed E-state index contributed by atoms with van der Waals surface area (Å²) in [5, 5.41) is 4.00. The summed E-state index contributed by atoms with van der Waals surface area (Å²) in [6.45, 7) is 1.71. The summed E-state index contributed by atoms with van der Waals surface area (Å²) in [6, 6.07) is 0.135. The fourth-order valence-electron chi connectivity index (χ4n) is 2.63. The van der Waals surface area contributed by atoms with Crippen LogP contribution in [-0.2, 0) is 9.47 Å². The van der Waals surface area contributed by atoms with Crippen molar-refractivity contribution in [3.63, 3.8) is 0 Å². The Labute approximate surface area is 106 Å². The van der Waals surface area contributed by atoms with Gasteiger partial charge in [0, 0.05) is 6.04 Å². The molecule has 2 N–H and O–H groups in total. The molecule has 0 aromatic carbocycles. The fraction of sp³-hybridized carbons (Fsp3) is 0.833. The van der Waals surface area contributed by atoms with Crippen molar-refractivity contribution in [1.82, 2.24) is 10.1 Å². The molecule has 1 aliphatic carbocycles. The van der Waals surface area contributed by atoms with Gasteiger partial charge in [-0.1, -0.05) is 18.0 Å². The molecule has 3 unspecified atom stereocenters. The van der Waals surface area contributed by atoms with Gasteiger partial charge in [-0.15, -0.1) is 0 Å². The number of ether oxygens (including phenoxy) is 2. The Morgan fingerprint density at radius 1 is 1.17 bits per heavy atom. The minimum atomic E-state index is -0.198. The Bertz CT molecular complexity index is 390. The molecule has 1 saturated heterocycles. The van der Waals surface area contributed by atoms with Gasteiger partial charge < -0.3 is 19.7 Å². The maximum absolute atomic E-state index is 6.12. The van der Waals surface area contributed by atoms with E-state index in [1.807, 2.05) is 0 Å². The number of nitrogens with zero attached hydrogens (tertiary/aromatic N) is 2. The summed E-state index contributed by atoms with van der Waals surface area (Å²) in [4.78, 5) is 4.45. The minimum Gasteiger partial charge on any atom is -0.376 e. The molecule has 1 aromatic heterocycles. The molecule has 6 nitrogen and oxygen atoms in total. The standard InChI is InChI=1S/C12H19N3O3/c13-9-4-2-1-3-8(9)12-14-11(15-18-12)10-7-16-5-6-17-10/h8-10H,1-7,13H2. The minimum absolute atomic E-state index is 0.135. The van der Waals surface area contributed by atoms with Crippen LogP contribution in [0.2, 0.25) is 0 Å². The Morgan fingerprint density at radius 2 is 2.06 bits per heavy atom. The van der Waals surface area contributed by atoms with Gasteiger partial charge in [0.15, 0.2) is 0 Å². The molecule has 2 fully saturated rings. The van der Waals surface area contributed by atoms with Gasteiger partial charge in [0.1, 0.15) is 6.10 Å². The lowest BCUT2D eigenvalue weighted by molar-refractivity contribution is -0.0941.